The van der Waals surface area contributed by atoms with Gasteiger partial charge in [-0.3, -0.25) is 4.79 Å². The summed E-state index contributed by atoms with van der Waals surface area (Å²) in [5, 5.41) is 2.34. The van der Waals surface area contributed by atoms with Gasteiger partial charge in [-0.25, -0.2) is 0 Å². The first-order valence-electron chi connectivity index (χ1n) is 5.25. The van der Waals surface area contributed by atoms with Crippen LogP contribution >= 0.6 is 0 Å². The third-order valence-electron chi connectivity index (χ3n) is 2.71. The highest BCUT2D eigenvalue weighted by molar-refractivity contribution is 6.01. The van der Waals surface area contributed by atoms with Crippen LogP contribution in [0.25, 0.3) is 10.8 Å². The third-order valence-corrected chi connectivity index (χ3v) is 2.71. The molecular formula is C14H14O. The zero-order valence-corrected chi connectivity index (χ0v) is 9.08. The Kier molecular flexibility index (Phi) is 2.55. The molecule has 1 heteroatoms. The fourth-order valence-corrected chi connectivity index (χ4v) is 1.84. The number of ketones is 1. The van der Waals surface area contributed by atoms with E-state index >= 15 is 0 Å². The zero-order valence-electron chi connectivity index (χ0n) is 9.08. The molecule has 1 nitrogen and oxygen atoms in total. The number of rotatable bonds is 2. The molecule has 0 saturated carbocycles. The van der Waals surface area contributed by atoms with Gasteiger partial charge in [0.05, 0.1) is 0 Å². The topological polar surface area (TPSA) is 17.1 Å². The highest BCUT2D eigenvalue weighted by Crippen LogP contribution is 2.20. The number of hydrogen-bond acceptors (Lipinski definition) is 1. The molecule has 0 aliphatic carbocycles. The van der Waals surface area contributed by atoms with Crippen LogP contribution in [0.4, 0.5) is 0 Å². The van der Waals surface area contributed by atoms with E-state index in [0.29, 0.717) is 6.42 Å². The molecule has 15 heavy (non-hydrogen) atoms. The van der Waals surface area contributed by atoms with Crippen LogP contribution in [-0.2, 0) is 0 Å². The summed E-state index contributed by atoms with van der Waals surface area (Å²) in [7, 11) is 0. The van der Waals surface area contributed by atoms with E-state index in [9.17, 15) is 4.79 Å². The Bertz CT molecular complexity index is 512. The standard InChI is InChI=1S/C14H14O/c1-3-14(15)13-9-12-7-5-4-6-11(12)8-10(13)2/h4-9H,3H2,1-2H3. The molecule has 0 fully saturated rings. The van der Waals surface area contributed by atoms with Crippen molar-refractivity contribution in [3.8, 4) is 0 Å². The molecule has 0 aliphatic rings. The molecule has 0 aliphatic heterocycles. The lowest BCUT2D eigenvalue weighted by atomic mass is 9.98. The Morgan fingerprint density at radius 1 is 1.13 bits per heavy atom. The van der Waals surface area contributed by atoms with E-state index in [4.69, 9.17) is 0 Å². The molecule has 2 rings (SSSR count). The molecule has 76 valence electrons. The van der Waals surface area contributed by atoms with E-state index in [1.54, 1.807) is 0 Å². The van der Waals surface area contributed by atoms with Gasteiger partial charge >= 0.3 is 0 Å². The molecule has 0 atom stereocenters. The first-order chi connectivity index (χ1) is 7.22. The molecule has 0 spiro atoms. The number of carbonyl (C=O) groups excluding carboxylic acids is 1. The van der Waals surface area contributed by atoms with E-state index in [1.807, 2.05) is 38.1 Å². The van der Waals surface area contributed by atoms with Gasteiger partial charge in [-0.05, 0) is 29.3 Å². The normalized spacial score (nSPS) is 10.5. The maximum atomic E-state index is 11.7. The molecule has 0 saturated heterocycles. The van der Waals surface area contributed by atoms with Gasteiger partial charge in [-0.15, -0.1) is 0 Å². The fraction of sp³-hybridized carbons (Fsp3) is 0.214. The molecule has 0 amide bonds. The van der Waals surface area contributed by atoms with E-state index < -0.39 is 0 Å². The average molecular weight is 198 g/mol. The monoisotopic (exact) mass is 198 g/mol. The van der Waals surface area contributed by atoms with E-state index in [-0.39, 0.29) is 5.78 Å². The van der Waals surface area contributed by atoms with Crippen molar-refractivity contribution < 1.29 is 4.79 Å². The third kappa shape index (κ3) is 1.78. The second-order valence-electron chi connectivity index (χ2n) is 3.79. The summed E-state index contributed by atoms with van der Waals surface area (Å²) in [6.07, 6.45) is 0.569. The summed E-state index contributed by atoms with van der Waals surface area (Å²) in [6, 6.07) is 12.2. The van der Waals surface area contributed by atoms with Crippen LogP contribution in [0.5, 0.6) is 0 Å². The zero-order chi connectivity index (χ0) is 10.8. The summed E-state index contributed by atoms with van der Waals surface area (Å²) in [5.74, 6) is 0.221. The highest BCUT2D eigenvalue weighted by atomic mass is 16.1. The Labute approximate surface area is 89.7 Å². The predicted molar refractivity (Wildman–Crippen MR) is 63.3 cm³/mol. The molecular weight excluding hydrogens is 184 g/mol. The Morgan fingerprint density at radius 2 is 1.73 bits per heavy atom. The van der Waals surface area contributed by atoms with Crippen molar-refractivity contribution in [3.05, 3.63) is 47.5 Å². The van der Waals surface area contributed by atoms with E-state index in [1.165, 1.54) is 5.39 Å². The molecule has 0 N–H and O–H groups in total. The molecule has 2 aromatic carbocycles. The first-order valence-corrected chi connectivity index (χ1v) is 5.25. The lowest BCUT2D eigenvalue weighted by Gasteiger charge is -2.05. The molecule has 0 radical (unpaired) electrons. The van der Waals surface area contributed by atoms with Crippen molar-refractivity contribution in [3.63, 3.8) is 0 Å². The Balaban J connectivity index is 2.67. The lowest BCUT2D eigenvalue weighted by molar-refractivity contribution is 0.0987. The van der Waals surface area contributed by atoms with Gasteiger partial charge in [0.2, 0.25) is 0 Å². The van der Waals surface area contributed by atoms with Gasteiger partial charge in [0.1, 0.15) is 0 Å². The second kappa shape index (κ2) is 3.85. The van der Waals surface area contributed by atoms with Gasteiger partial charge < -0.3 is 0 Å². The van der Waals surface area contributed by atoms with Gasteiger partial charge in [0.15, 0.2) is 5.78 Å². The number of fused-ring (bicyclic) bond motifs is 1. The average Bonchev–Trinajstić information content (AvgIpc) is 2.27. The minimum absolute atomic E-state index is 0.221. The maximum Gasteiger partial charge on any atom is 0.162 e. The number of benzene rings is 2. The summed E-state index contributed by atoms with van der Waals surface area (Å²) >= 11 is 0. The minimum atomic E-state index is 0.221. The Hall–Kier alpha value is -1.63. The van der Waals surface area contributed by atoms with Crippen LogP contribution in [0, 0.1) is 6.92 Å². The van der Waals surface area contributed by atoms with Crippen LogP contribution in [0.15, 0.2) is 36.4 Å². The van der Waals surface area contributed by atoms with Crippen molar-refractivity contribution in [2.75, 3.05) is 0 Å². The number of carbonyl (C=O) groups is 1. The Morgan fingerprint density at radius 3 is 2.33 bits per heavy atom. The van der Waals surface area contributed by atoms with Gasteiger partial charge in [-0.1, -0.05) is 37.3 Å². The molecule has 0 bridgehead atoms. The molecule has 0 unspecified atom stereocenters. The number of hydrogen-bond donors (Lipinski definition) is 0. The van der Waals surface area contributed by atoms with Crippen LogP contribution in [0.3, 0.4) is 0 Å². The highest BCUT2D eigenvalue weighted by Gasteiger charge is 2.07. The lowest BCUT2D eigenvalue weighted by Crippen LogP contribution is -1.99. The second-order valence-corrected chi connectivity index (χ2v) is 3.79. The van der Waals surface area contributed by atoms with Crippen molar-refractivity contribution in [1.29, 1.82) is 0 Å². The van der Waals surface area contributed by atoms with Crippen molar-refractivity contribution in [2.24, 2.45) is 0 Å². The smallest absolute Gasteiger partial charge is 0.162 e. The van der Waals surface area contributed by atoms with E-state index in [0.717, 1.165) is 16.5 Å². The van der Waals surface area contributed by atoms with Crippen molar-refractivity contribution in [1.82, 2.24) is 0 Å². The summed E-state index contributed by atoms with van der Waals surface area (Å²) in [5.41, 5.74) is 1.93. The fourth-order valence-electron chi connectivity index (χ4n) is 1.84. The van der Waals surface area contributed by atoms with Crippen LogP contribution < -0.4 is 0 Å². The van der Waals surface area contributed by atoms with Gasteiger partial charge in [-0.2, -0.15) is 0 Å². The van der Waals surface area contributed by atoms with Gasteiger partial charge in [0.25, 0.3) is 0 Å². The predicted octanol–water partition coefficient (Wildman–Crippen LogP) is 3.74. The first kappa shape index (κ1) is 9.91. The summed E-state index contributed by atoms with van der Waals surface area (Å²) in [4.78, 5) is 11.7. The quantitative estimate of drug-likeness (QED) is 0.672. The maximum absolute atomic E-state index is 11.7. The largest absolute Gasteiger partial charge is 0.294 e. The number of Topliss-reactive ketones (excluding diaryl/α,β-unsaturated/α-hetero) is 1. The van der Waals surface area contributed by atoms with Crippen molar-refractivity contribution >= 4 is 16.6 Å². The molecule has 0 heterocycles. The molecule has 0 aromatic heterocycles. The van der Waals surface area contributed by atoms with Crippen LogP contribution in [-0.4, -0.2) is 5.78 Å². The van der Waals surface area contributed by atoms with Crippen LogP contribution in [0.1, 0.15) is 29.3 Å². The van der Waals surface area contributed by atoms with Gasteiger partial charge in [0, 0.05) is 12.0 Å². The van der Waals surface area contributed by atoms with Crippen molar-refractivity contribution in [2.45, 2.75) is 20.3 Å². The minimum Gasteiger partial charge on any atom is -0.294 e. The van der Waals surface area contributed by atoms with E-state index in [2.05, 4.69) is 12.1 Å². The summed E-state index contributed by atoms with van der Waals surface area (Å²) in [6.45, 7) is 3.90. The summed E-state index contributed by atoms with van der Waals surface area (Å²) < 4.78 is 0. The van der Waals surface area contributed by atoms with Crippen LogP contribution in [0.2, 0.25) is 0 Å². The SMILES string of the molecule is CCC(=O)c1cc2ccccc2cc1C. The molecule has 2 aromatic rings. The number of aryl methyl sites for hydroxylation is 1.